The third-order valence-corrected chi connectivity index (χ3v) is 7.08. The SMILES string of the molecule is CC(C)(C)c1cc2cn(-c3ccc(CNCCCN=C(N)N)cc3)c(=O)nc2[nH]1.CC(C)(C)c1cccc(OC[C@H](O)CN)c1. The molecule has 0 fully saturated rings. The van der Waals surface area contributed by atoms with Crippen LogP contribution in [0.5, 0.6) is 5.75 Å². The molecule has 0 amide bonds. The number of rotatable bonds is 11. The summed E-state index contributed by atoms with van der Waals surface area (Å²) in [7, 11) is 0. The molecule has 9 N–H and O–H groups in total. The van der Waals surface area contributed by atoms with Gasteiger partial charge >= 0.3 is 5.69 Å². The Hall–Kier alpha value is -4.19. The van der Waals surface area contributed by atoms with Gasteiger partial charge in [0.2, 0.25) is 0 Å². The van der Waals surface area contributed by atoms with Gasteiger partial charge in [0, 0.05) is 42.3 Å². The van der Waals surface area contributed by atoms with Crippen molar-refractivity contribution in [3.05, 3.63) is 88.1 Å². The Morgan fingerprint density at radius 3 is 2.40 bits per heavy atom. The number of fused-ring (bicyclic) bond motifs is 1. The predicted molar refractivity (Wildman–Crippen MR) is 183 cm³/mol. The van der Waals surface area contributed by atoms with Crippen molar-refractivity contribution in [1.82, 2.24) is 19.9 Å². The van der Waals surface area contributed by atoms with Gasteiger partial charge in [0.15, 0.2) is 5.96 Å². The molecule has 1 atom stereocenters. The highest BCUT2D eigenvalue weighted by Gasteiger charge is 2.18. The first-order chi connectivity index (χ1) is 21.2. The molecule has 2 aromatic carbocycles. The predicted octanol–water partition coefficient (Wildman–Crippen LogP) is 3.45. The standard InChI is InChI=1S/C21H29N7O.C13H21NO2/c1-21(2,3)17-11-15-13-28(20(29)27-18(15)26-17)16-7-5-14(6-8-16)12-24-9-4-10-25-19(22)23;1-13(2,3)10-5-4-6-12(7-10)16-9-11(15)8-14/h5-8,11,13,24H,4,9-10,12H2,1-3H3,(H4,22,23,25)(H,26,27,29);4-7,11,15H,8-9,14H2,1-3H3/t;11-/m.1/s1. The highest BCUT2D eigenvalue weighted by molar-refractivity contribution is 5.76. The fraction of sp³-hybridized carbons (Fsp3) is 0.441. The molecule has 4 rings (SSSR count). The molecule has 0 spiro atoms. The number of aromatic amines is 1. The third kappa shape index (κ3) is 11.0. The number of aliphatic hydroxyl groups is 1. The lowest BCUT2D eigenvalue weighted by atomic mass is 9.87. The van der Waals surface area contributed by atoms with E-state index in [0.29, 0.717) is 12.2 Å². The lowest BCUT2D eigenvalue weighted by Gasteiger charge is -2.20. The number of nitrogens with zero attached hydrogens (tertiary/aromatic N) is 3. The Morgan fingerprint density at radius 1 is 1.07 bits per heavy atom. The second-order valence-electron chi connectivity index (χ2n) is 13.1. The van der Waals surface area contributed by atoms with Crippen LogP contribution in [-0.2, 0) is 17.4 Å². The Morgan fingerprint density at radius 2 is 1.78 bits per heavy atom. The summed E-state index contributed by atoms with van der Waals surface area (Å²) >= 11 is 0. The molecule has 0 saturated heterocycles. The van der Waals surface area contributed by atoms with Gasteiger partial charge in [0.05, 0.1) is 5.69 Å². The van der Waals surface area contributed by atoms with E-state index in [1.807, 2.05) is 48.7 Å². The summed E-state index contributed by atoms with van der Waals surface area (Å²) in [6, 6.07) is 17.9. The maximum Gasteiger partial charge on any atom is 0.354 e. The van der Waals surface area contributed by atoms with Crippen molar-refractivity contribution in [2.24, 2.45) is 22.2 Å². The van der Waals surface area contributed by atoms with Crippen molar-refractivity contribution in [3.63, 3.8) is 0 Å². The van der Waals surface area contributed by atoms with Gasteiger partial charge in [-0.3, -0.25) is 9.56 Å². The topological polar surface area (TPSA) is 183 Å². The number of benzene rings is 2. The lowest BCUT2D eigenvalue weighted by Crippen LogP contribution is -2.26. The summed E-state index contributed by atoms with van der Waals surface area (Å²) in [6.07, 6.45) is 2.11. The van der Waals surface area contributed by atoms with Crippen LogP contribution in [0.15, 0.2) is 70.6 Å². The number of H-pyrrole nitrogens is 1. The van der Waals surface area contributed by atoms with E-state index in [2.05, 4.69) is 74.0 Å². The third-order valence-electron chi connectivity index (χ3n) is 7.08. The number of aliphatic imine (C=N–C) groups is 1. The largest absolute Gasteiger partial charge is 0.491 e. The molecule has 0 aliphatic carbocycles. The summed E-state index contributed by atoms with van der Waals surface area (Å²) in [6.45, 7) is 15.5. The Bertz CT molecular complexity index is 1590. The summed E-state index contributed by atoms with van der Waals surface area (Å²) in [4.78, 5) is 23.9. The average molecular weight is 619 g/mol. The highest BCUT2D eigenvalue weighted by Crippen LogP contribution is 2.26. The van der Waals surface area contributed by atoms with Crippen LogP contribution in [-0.4, -0.2) is 57.9 Å². The Balaban J connectivity index is 0.000000292. The molecule has 4 aromatic rings. The van der Waals surface area contributed by atoms with Crippen molar-refractivity contribution in [3.8, 4) is 11.4 Å². The van der Waals surface area contributed by atoms with E-state index in [1.54, 1.807) is 4.57 Å². The quantitative estimate of drug-likeness (QED) is 0.0839. The first-order valence-electron chi connectivity index (χ1n) is 15.3. The molecule has 2 aromatic heterocycles. The van der Waals surface area contributed by atoms with E-state index in [9.17, 15) is 9.90 Å². The molecule has 244 valence electrons. The van der Waals surface area contributed by atoms with Gasteiger partial charge in [-0.25, -0.2) is 4.79 Å². The zero-order valence-corrected chi connectivity index (χ0v) is 27.4. The number of nitrogens with two attached hydrogens (primary N) is 3. The van der Waals surface area contributed by atoms with Gasteiger partial charge in [-0.2, -0.15) is 4.98 Å². The number of aromatic nitrogens is 3. The van der Waals surface area contributed by atoms with Gasteiger partial charge in [0.25, 0.3) is 0 Å². The first kappa shape index (κ1) is 35.3. The Labute approximate surface area is 265 Å². The van der Waals surface area contributed by atoms with Crippen LogP contribution in [0.4, 0.5) is 0 Å². The highest BCUT2D eigenvalue weighted by atomic mass is 16.5. The number of hydrogen-bond acceptors (Lipinski definition) is 7. The van der Waals surface area contributed by atoms with Crippen LogP contribution in [0.1, 0.15) is 64.8 Å². The molecule has 2 heterocycles. The number of guanidine groups is 1. The van der Waals surface area contributed by atoms with Crippen LogP contribution in [0.2, 0.25) is 0 Å². The van der Waals surface area contributed by atoms with Crippen molar-refractivity contribution in [2.75, 3.05) is 26.2 Å². The molecular formula is C34H50N8O3. The molecule has 45 heavy (non-hydrogen) atoms. The van der Waals surface area contributed by atoms with E-state index in [1.165, 1.54) is 5.56 Å². The monoisotopic (exact) mass is 618 g/mol. The minimum Gasteiger partial charge on any atom is -0.491 e. The van der Waals surface area contributed by atoms with Gasteiger partial charge in [-0.05, 0) is 59.8 Å². The maximum atomic E-state index is 12.5. The lowest BCUT2D eigenvalue weighted by molar-refractivity contribution is 0.114. The molecule has 0 aliphatic heterocycles. The average Bonchev–Trinajstić information content (AvgIpc) is 3.41. The van der Waals surface area contributed by atoms with Crippen LogP contribution in [0.25, 0.3) is 16.7 Å². The van der Waals surface area contributed by atoms with Crippen LogP contribution < -0.4 is 32.9 Å². The fourth-order valence-corrected chi connectivity index (χ4v) is 4.32. The van der Waals surface area contributed by atoms with E-state index in [-0.39, 0.29) is 35.6 Å². The zero-order valence-electron chi connectivity index (χ0n) is 27.4. The van der Waals surface area contributed by atoms with Crippen LogP contribution in [0, 0.1) is 0 Å². The fourth-order valence-electron chi connectivity index (χ4n) is 4.32. The molecule has 0 radical (unpaired) electrons. The van der Waals surface area contributed by atoms with Crippen molar-refractivity contribution in [2.45, 2.75) is 71.4 Å². The van der Waals surface area contributed by atoms with Crippen LogP contribution >= 0.6 is 0 Å². The maximum absolute atomic E-state index is 12.5. The van der Waals surface area contributed by atoms with Gasteiger partial charge < -0.3 is 37.3 Å². The normalized spacial score (nSPS) is 12.4. The van der Waals surface area contributed by atoms with Crippen molar-refractivity contribution in [1.29, 1.82) is 0 Å². The zero-order chi connectivity index (χ0) is 33.2. The van der Waals surface area contributed by atoms with Gasteiger partial charge in [-0.15, -0.1) is 0 Å². The van der Waals surface area contributed by atoms with E-state index >= 15 is 0 Å². The van der Waals surface area contributed by atoms with Crippen molar-refractivity contribution < 1.29 is 9.84 Å². The number of hydrogen-bond donors (Lipinski definition) is 6. The molecule has 11 nitrogen and oxygen atoms in total. The molecule has 0 bridgehead atoms. The second-order valence-corrected chi connectivity index (χ2v) is 13.1. The minimum atomic E-state index is -0.599. The van der Waals surface area contributed by atoms with E-state index in [4.69, 9.17) is 21.9 Å². The summed E-state index contributed by atoms with van der Waals surface area (Å²) < 4.78 is 7.04. The first-order valence-corrected chi connectivity index (χ1v) is 15.3. The number of ether oxygens (including phenoxy) is 1. The minimum absolute atomic E-state index is 0.0352. The van der Waals surface area contributed by atoms with Crippen molar-refractivity contribution >= 4 is 17.0 Å². The van der Waals surface area contributed by atoms with E-state index < -0.39 is 6.10 Å². The molecule has 0 aliphatic rings. The summed E-state index contributed by atoms with van der Waals surface area (Å²) in [5, 5.41) is 13.6. The second kappa shape index (κ2) is 15.7. The molecule has 0 unspecified atom stereocenters. The molecule has 11 heteroatoms. The number of nitrogens with one attached hydrogen (secondary N) is 2. The van der Waals surface area contributed by atoms with Gasteiger partial charge in [0.1, 0.15) is 24.1 Å². The smallest absolute Gasteiger partial charge is 0.354 e. The summed E-state index contributed by atoms with van der Waals surface area (Å²) in [5.74, 6) is 0.901. The van der Waals surface area contributed by atoms with Crippen LogP contribution in [0.3, 0.4) is 0 Å². The summed E-state index contributed by atoms with van der Waals surface area (Å²) in [5.41, 5.74) is 20.5. The van der Waals surface area contributed by atoms with Gasteiger partial charge in [-0.1, -0.05) is 65.8 Å². The molecular weight excluding hydrogens is 568 g/mol. The molecule has 0 saturated carbocycles. The Kier molecular flexibility index (Phi) is 12.3. The number of aliphatic hydroxyl groups excluding tert-OH is 1. The van der Waals surface area contributed by atoms with E-state index in [0.717, 1.165) is 47.6 Å².